The van der Waals surface area contributed by atoms with Crippen LogP contribution < -0.4 is 9.80 Å². The predicted octanol–water partition coefficient (Wildman–Crippen LogP) is 38.0. The third-order valence-electron chi connectivity index (χ3n) is 29.7. The van der Waals surface area contributed by atoms with Gasteiger partial charge in [-0.1, -0.05) is 382 Å². The summed E-state index contributed by atoms with van der Waals surface area (Å²) in [5.41, 5.74) is 38.2. The summed E-state index contributed by atoms with van der Waals surface area (Å²) in [6.45, 7) is 0. The molecule has 0 atom stereocenters. The van der Waals surface area contributed by atoms with E-state index in [4.69, 9.17) is 4.42 Å². The molecule has 22 aromatic carbocycles. The molecule has 2 aliphatic rings. The average Bonchev–Trinajstić information content (AvgIpc) is 1.54. The largest absolute Gasteiger partial charge is 0.455 e. The number of nitrogens with zero attached hydrogens (tertiary/aromatic N) is 2. The van der Waals surface area contributed by atoms with Crippen molar-refractivity contribution in [2.45, 2.75) is 10.8 Å². The molecule has 0 saturated heterocycles. The first-order valence-corrected chi connectivity index (χ1v) is 50.5. The van der Waals surface area contributed by atoms with E-state index in [0.29, 0.717) is 0 Å². The molecule has 26 aromatic rings. The van der Waals surface area contributed by atoms with E-state index >= 15 is 0 Å². The van der Waals surface area contributed by atoms with Gasteiger partial charge in [-0.05, 0) is 266 Å². The monoisotopic (exact) mass is 1830 g/mol. The summed E-state index contributed by atoms with van der Waals surface area (Å²) < 4.78 is 14.7. The van der Waals surface area contributed by atoms with Gasteiger partial charge in [-0.25, -0.2) is 0 Å². The van der Waals surface area contributed by atoms with Crippen LogP contribution in [0.4, 0.5) is 34.1 Å². The summed E-state index contributed by atoms with van der Waals surface area (Å²) in [5.74, 6) is 0. The number of rotatable bonds is 17. The summed E-state index contributed by atoms with van der Waals surface area (Å²) in [7, 11) is 0. The number of hydrogen-bond acceptors (Lipinski definition) is 6. The summed E-state index contributed by atoms with van der Waals surface area (Å²) in [5, 5.41) is 9.86. The van der Waals surface area contributed by atoms with E-state index in [0.717, 1.165) is 95.0 Å². The Labute approximate surface area is 823 Å². The molecule has 140 heavy (non-hydrogen) atoms. The van der Waals surface area contributed by atoms with Crippen LogP contribution in [0.2, 0.25) is 0 Å². The Balaban J connectivity index is 0.528. The Morgan fingerprint density at radius 2 is 0.507 bits per heavy atom. The average molecular weight is 1830 g/mol. The minimum Gasteiger partial charge on any atom is -0.455 e. The van der Waals surface area contributed by atoms with Crippen molar-refractivity contribution in [3.8, 4) is 100 Å². The highest BCUT2D eigenvalue weighted by atomic mass is 32.1. The number of hydrogen-bond donors (Lipinski definition) is 0. The van der Waals surface area contributed by atoms with Crippen LogP contribution in [0.5, 0.6) is 0 Å². The van der Waals surface area contributed by atoms with Crippen molar-refractivity contribution >= 4 is 151 Å². The fourth-order valence-corrected chi connectivity index (χ4v) is 26.8. The van der Waals surface area contributed by atoms with E-state index in [2.05, 4.69) is 519 Å². The van der Waals surface area contributed by atoms with Crippen molar-refractivity contribution in [1.82, 2.24) is 0 Å². The number of fused-ring (bicyclic) bond motifs is 18. The quantitative estimate of drug-likeness (QED) is 0.0906. The molecule has 0 aliphatic heterocycles. The zero-order valence-electron chi connectivity index (χ0n) is 76.0. The van der Waals surface area contributed by atoms with Crippen LogP contribution in [-0.2, 0) is 10.8 Å². The number of thiophene rings is 3. The molecule has 0 saturated carbocycles. The number of benzene rings is 22. The van der Waals surface area contributed by atoms with Crippen LogP contribution in [0.3, 0.4) is 0 Å². The van der Waals surface area contributed by atoms with Crippen LogP contribution in [-0.4, -0.2) is 0 Å². The van der Waals surface area contributed by atoms with Crippen LogP contribution >= 0.6 is 34.0 Å². The predicted molar refractivity (Wildman–Crippen MR) is 594 cm³/mol. The third-order valence-corrected chi connectivity index (χ3v) is 33.2. The Bertz CT molecular complexity index is 9310. The lowest BCUT2D eigenvalue weighted by Gasteiger charge is -2.34. The molecule has 4 heterocycles. The van der Waals surface area contributed by atoms with Gasteiger partial charge < -0.3 is 14.2 Å². The maximum absolute atomic E-state index is 7.02. The molecule has 0 fully saturated rings. The Kier molecular flexibility index (Phi) is 19.1. The Morgan fingerprint density at radius 1 is 0.171 bits per heavy atom. The lowest BCUT2D eigenvalue weighted by Crippen LogP contribution is -2.28. The summed E-state index contributed by atoms with van der Waals surface area (Å²) >= 11 is 5.60. The molecule has 2 aliphatic carbocycles. The first kappa shape index (κ1) is 81.3. The molecule has 0 amide bonds. The molecule has 0 N–H and O–H groups in total. The first-order chi connectivity index (χ1) is 69.4. The molecule has 0 bridgehead atoms. The third kappa shape index (κ3) is 12.9. The molecular weight excluding hydrogens is 1750 g/mol. The standard InChI is InChI=1S/C134H84N2OS3/c1-5-26-95(27-6-1)133(96-28-7-2-8-29-96)119-41-19-13-34-108(119)115-83-103(73-77-121(115)133)135(101-69-60-90(61-70-101)105-40-25-47-128-129(105)112-38-17-23-45-125(112)139-128)100-67-58-88(59-68-100)86-52-54-92(55-53-86)114-81-94(82-118-110-36-15-21-43-123(110)137-131(114)118)107-76-75-106(130-113-39-18-24-46-126(113)140-132(107)130)91-62-71-102(72-63-91)136(99-65-56-87(57-66-99)85-48-50-89(51-49-85)93-64-79-127-117(80-93)111-37-16-22-44-124(111)138-127)104-74-78-122-116(84-104)109-35-14-20-42-120(109)134(122,97-30-9-3-10-31-97)98-32-11-4-12-33-98/h1-84H. The van der Waals surface area contributed by atoms with Gasteiger partial charge in [-0.15, -0.1) is 34.0 Å². The van der Waals surface area contributed by atoms with Gasteiger partial charge in [0.25, 0.3) is 0 Å². The number of para-hydroxylation sites is 1. The minimum atomic E-state index is -0.536. The van der Waals surface area contributed by atoms with Gasteiger partial charge in [0.1, 0.15) is 11.2 Å². The summed E-state index contributed by atoms with van der Waals surface area (Å²) in [6, 6.07) is 190. The Morgan fingerprint density at radius 3 is 1.02 bits per heavy atom. The normalized spacial score (nSPS) is 12.8. The zero-order valence-corrected chi connectivity index (χ0v) is 78.5. The smallest absolute Gasteiger partial charge is 0.143 e. The second-order valence-corrected chi connectivity index (χ2v) is 40.3. The fourth-order valence-electron chi connectivity index (χ4n) is 23.3. The second kappa shape index (κ2) is 32.8. The summed E-state index contributed by atoms with van der Waals surface area (Å²) in [6.07, 6.45) is 0. The molecule has 4 aromatic heterocycles. The van der Waals surface area contributed by atoms with Gasteiger partial charge in [0.15, 0.2) is 0 Å². The molecule has 0 spiro atoms. The van der Waals surface area contributed by atoms with Crippen molar-refractivity contribution in [2.24, 2.45) is 0 Å². The minimum absolute atomic E-state index is 0.524. The van der Waals surface area contributed by atoms with Crippen LogP contribution in [0, 0.1) is 0 Å². The van der Waals surface area contributed by atoms with Crippen LogP contribution in [0.15, 0.2) is 514 Å². The highest BCUT2D eigenvalue weighted by molar-refractivity contribution is 7.27. The molecule has 3 nitrogen and oxygen atoms in total. The van der Waals surface area contributed by atoms with Gasteiger partial charge in [0.05, 0.1) is 10.8 Å². The van der Waals surface area contributed by atoms with Gasteiger partial charge in [-0.3, -0.25) is 0 Å². The van der Waals surface area contributed by atoms with Crippen molar-refractivity contribution < 1.29 is 4.42 Å². The maximum atomic E-state index is 7.02. The van der Waals surface area contributed by atoms with E-state index in [1.54, 1.807) is 0 Å². The first-order valence-electron chi connectivity index (χ1n) is 48.0. The molecule has 654 valence electrons. The van der Waals surface area contributed by atoms with Crippen LogP contribution in [0.1, 0.15) is 44.5 Å². The SMILES string of the molecule is c1ccc(C2(c3ccccc3)c3ccccc3-c3cc(N(c4ccc(-c5ccc(-c6cc(-c7ccc(-c8ccc(N(c9ccc(-c%10ccc(-c%11ccc%12sc%13ccccc%13c%12c%11)cc%10)cc9)c9ccc%10c(c9)-c9ccccc9C%10(c9ccccc9)c9ccccc9)cc8)c8c7sc7ccccc78)cc7c6oc6ccccc67)cc5)cc4)c4ccc(-c5cccc6sc7ccccc7c56)cc4)ccc32)cc1. The maximum Gasteiger partial charge on any atom is 0.143 e. The van der Waals surface area contributed by atoms with Crippen molar-refractivity contribution in [3.05, 3.63) is 554 Å². The van der Waals surface area contributed by atoms with Crippen molar-refractivity contribution in [3.63, 3.8) is 0 Å². The highest BCUT2D eigenvalue weighted by Crippen LogP contribution is 2.61. The fraction of sp³-hybridized carbons (Fsp3) is 0.0149. The lowest BCUT2D eigenvalue weighted by molar-refractivity contribution is 0.670. The van der Waals surface area contributed by atoms with Gasteiger partial charge >= 0.3 is 0 Å². The topological polar surface area (TPSA) is 19.6 Å². The van der Waals surface area contributed by atoms with Gasteiger partial charge in [0.2, 0.25) is 0 Å². The van der Waals surface area contributed by atoms with E-state index in [1.165, 1.54) is 166 Å². The number of anilines is 6. The van der Waals surface area contributed by atoms with E-state index in [-0.39, 0.29) is 0 Å². The molecule has 0 radical (unpaired) electrons. The van der Waals surface area contributed by atoms with Crippen LogP contribution in [0.25, 0.3) is 183 Å². The van der Waals surface area contributed by atoms with E-state index in [1.807, 2.05) is 34.0 Å². The number of furan rings is 1. The lowest BCUT2D eigenvalue weighted by atomic mass is 9.68. The van der Waals surface area contributed by atoms with Crippen molar-refractivity contribution in [2.75, 3.05) is 9.80 Å². The molecule has 6 heteroatoms. The van der Waals surface area contributed by atoms with E-state index in [9.17, 15) is 0 Å². The van der Waals surface area contributed by atoms with Gasteiger partial charge in [0, 0.05) is 111 Å². The summed E-state index contributed by atoms with van der Waals surface area (Å²) in [4.78, 5) is 4.89. The van der Waals surface area contributed by atoms with Gasteiger partial charge in [-0.2, -0.15) is 0 Å². The molecular formula is C134H84N2OS3. The van der Waals surface area contributed by atoms with Crippen molar-refractivity contribution in [1.29, 1.82) is 0 Å². The van der Waals surface area contributed by atoms with E-state index < -0.39 is 10.8 Å². The second-order valence-electron chi connectivity index (χ2n) is 37.1. The highest BCUT2D eigenvalue weighted by Gasteiger charge is 2.48. The Hall–Kier alpha value is -17.1. The molecule has 28 rings (SSSR count). The zero-order chi connectivity index (χ0) is 92.1. The molecule has 0 unspecified atom stereocenters.